The molecule has 0 saturated carbocycles. The van der Waals surface area contributed by atoms with Gasteiger partial charge < -0.3 is 0 Å². The second kappa shape index (κ2) is 4.85. The molecule has 0 aliphatic rings. The van der Waals surface area contributed by atoms with E-state index in [0.717, 1.165) is 6.07 Å². The molecule has 0 atom stereocenters. The van der Waals surface area contributed by atoms with Crippen LogP contribution in [0, 0.1) is 10.1 Å². The monoisotopic (exact) mass is 241 g/mol. The van der Waals surface area contributed by atoms with Gasteiger partial charge in [-0.1, -0.05) is 11.6 Å². The Morgan fingerprint density at radius 3 is 2.56 bits per heavy atom. The first-order chi connectivity index (χ1) is 7.41. The fourth-order valence-electron chi connectivity index (χ4n) is 1.21. The number of nitro benzene ring substituents is 1. The van der Waals surface area contributed by atoms with E-state index < -0.39 is 10.7 Å². The Morgan fingerprint density at radius 2 is 2.06 bits per heavy atom. The van der Waals surface area contributed by atoms with Gasteiger partial charge in [0.15, 0.2) is 5.78 Å². The minimum absolute atomic E-state index is 0.0930. The largest absolute Gasteiger partial charge is 0.300 e. The summed E-state index contributed by atoms with van der Waals surface area (Å²) >= 11 is 5.59. The number of hydrogen-bond acceptors (Lipinski definition) is 4. The van der Waals surface area contributed by atoms with E-state index in [1.165, 1.54) is 19.1 Å². The van der Waals surface area contributed by atoms with Gasteiger partial charge in [0.1, 0.15) is 5.78 Å². The van der Waals surface area contributed by atoms with Crippen LogP contribution in [0.2, 0.25) is 5.02 Å². The number of hydrogen-bond donors (Lipinski definition) is 0. The number of ketones is 2. The maximum atomic E-state index is 11.5. The summed E-state index contributed by atoms with van der Waals surface area (Å²) in [6, 6.07) is 3.72. The lowest BCUT2D eigenvalue weighted by Gasteiger charge is -2.01. The normalized spacial score (nSPS) is 9.88. The molecule has 0 bridgehead atoms. The highest BCUT2D eigenvalue weighted by Crippen LogP contribution is 2.24. The molecule has 0 unspecified atom stereocenters. The lowest BCUT2D eigenvalue weighted by molar-refractivity contribution is -0.385. The van der Waals surface area contributed by atoms with Gasteiger partial charge in [0.05, 0.1) is 16.9 Å². The minimum atomic E-state index is -0.695. The van der Waals surface area contributed by atoms with Crippen molar-refractivity contribution in [3.05, 3.63) is 38.9 Å². The number of rotatable bonds is 4. The van der Waals surface area contributed by atoms with Crippen LogP contribution in [0.15, 0.2) is 18.2 Å². The molecule has 0 amide bonds. The fraction of sp³-hybridized carbons (Fsp3) is 0.200. The molecule has 0 heterocycles. The van der Waals surface area contributed by atoms with E-state index in [2.05, 4.69) is 0 Å². The van der Waals surface area contributed by atoms with E-state index in [1.807, 2.05) is 0 Å². The van der Waals surface area contributed by atoms with E-state index in [9.17, 15) is 19.7 Å². The number of halogens is 1. The maximum absolute atomic E-state index is 11.5. The smallest absolute Gasteiger partial charge is 0.281 e. The summed E-state index contributed by atoms with van der Waals surface area (Å²) in [6.07, 6.45) is -0.345. The third-order valence-electron chi connectivity index (χ3n) is 1.87. The Balaban J connectivity index is 3.17. The van der Waals surface area contributed by atoms with Gasteiger partial charge in [-0.05, 0) is 19.1 Å². The van der Waals surface area contributed by atoms with Crippen LogP contribution in [-0.2, 0) is 4.79 Å². The number of benzene rings is 1. The van der Waals surface area contributed by atoms with Crippen LogP contribution in [0.4, 0.5) is 5.69 Å². The van der Waals surface area contributed by atoms with Crippen LogP contribution in [0.1, 0.15) is 23.7 Å². The zero-order chi connectivity index (χ0) is 12.3. The summed E-state index contributed by atoms with van der Waals surface area (Å²) in [5.74, 6) is -0.912. The van der Waals surface area contributed by atoms with Crippen LogP contribution in [-0.4, -0.2) is 16.5 Å². The van der Waals surface area contributed by atoms with Crippen molar-refractivity contribution in [2.45, 2.75) is 13.3 Å². The van der Waals surface area contributed by atoms with Crippen molar-refractivity contribution in [2.24, 2.45) is 0 Å². The summed E-state index contributed by atoms with van der Waals surface area (Å²) < 4.78 is 0. The van der Waals surface area contributed by atoms with E-state index in [-0.39, 0.29) is 28.5 Å². The first-order valence-electron chi connectivity index (χ1n) is 4.38. The van der Waals surface area contributed by atoms with Crippen molar-refractivity contribution >= 4 is 28.9 Å². The summed E-state index contributed by atoms with van der Waals surface area (Å²) in [7, 11) is 0. The molecular weight excluding hydrogens is 234 g/mol. The number of nitrogens with zero attached hydrogens (tertiary/aromatic N) is 1. The predicted octanol–water partition coefficient (Wildman–Crippen LogP) is 2.41. The van der Waals surface area contributed by atoms with E-state index in [4.69, 9.17) is 11.6 Å². The number of nitro groups is 1. The molecular formula is C10H8ClNO4. The molecule has 16 heavy (non-hydrogen) atoms. The summed E-state index contributed by atoms with van der Waals surface area (Å²) in [5.41, 5.74) is -0.469. The van der Waals surface area contributed by atoms with Crippen molar-refractivity contribution < 1.29 is 14.5 Å². The van der Waals surface area contributed by atoms with E-state index in [0.29, 0.717) is 0 Å². The summed E-state index contributed by atoms with van der Waals surface area (Å²) in [5, 5.41) is 10.8. The van der Waals surface area contributed by atoms with Gasteiger partial charge in [0.25, 0.3) is 5.69 Å². The van der Waals surface area contributed by atoms with Crippen LogP contribution < -0.4 is 0 Å². The molecule has 84 valence electrons. The third kappa shape index (κ3) is 2.87. The Labute approximate surface area is 96.2 Å². The van der Waals surface area contributed by atoms with Gasteiger partial charge in [-0.25, -0.2) is 0 Å². The zero-order valence-electron chi connectivity index (χ0n) is 8.40. The van der Waals surface area contributed by atoms with E-state index in [1.54, 1.807) is 0 Å². The highest BCUT2D eigenvalue weighted by Gasteiger charge is 2.21. The highest BCUT2D eigenvalue weighted by atomic mass is 35.5. The van der Waals surface area contributed by atoms with Crippen molar-refractivity contribution in [3.63, 3.8) is 0 Å². The van der Waals surface area contributed by atoms with Crippen LogP contribution in [0.25, 0.3) is 0 Å². The van der Waals surface area contributed by atoms with Gasteiger partial charge in [-0.2, -0.15) is 0 Å². The Hall–Kier alpha value is -1.75. The van der Waals surface area contributed by atoms with Crippen LogP contribution in [0.3, 0.4) is 0 Å². The van der Waals surface area contributed by atoms with Gasteiger partial charge in [-0.3, -0.25) is 19.7 Å². The van der Waals surface area contributed by atoms with Gasteiger partial charge >= 0.3 is 0 Å². The van der Waals surface area contributed by atoms with Crippen molar-refractivity contribution in [1.29, 1.82) is 0 Å². The molecule has 1 rings (SSSR count). The number of Topliss-reactive ketones (excluding diaryl/α,β-unsaturated/α-hetero) is 2. The van der Waals surface area contributed by atoms with Crippen molar-refractivity contribution in [3.8, 4) is 0 Å². The zero-order valence-corrected chi connectivity index (χ0v) is 9.15. The Morgan fingerprint density at radius 1 is 1.44 bits per heavy atom. The SMILES string of the molecule is CC(=O)CC(=O)c1ccc(Cl)cc1[N+](=O)[O-]. The Kier molecular flexibility index (Phi) is 3.73. The maximum Gasteiger partial charge on any atom is 0.281 e. The van der Waals surface area contributed by atoms with E-state index >= 15 is 0 Å². The molecule has 0 saturated heterocycles. The first kappa shape index (κ1) is 12.3. The summed E-state index contributed by atoms with van der Waals surface area (Å²) in [4.78, 5) is 32.3. The van der Waals surface area contributed by atoms with Gasteiger partial charge in [0, 0.05) is 11.1 Å². The second-order valence-electron chi connectivity index (χ2n) is 3.22. The molecule has 5 nitrogen and oxygen atoms in total. The number of carbonyl (C=O) groups is 2. The summed E-state index contributed by atoms with van der Waals surface area (Å²) in [6.45, 7) is 1.25. The topological polar surface area (TPSA) is 77.3 Å². The molecule has 0 aromatic heterocycles. The van der Waals surface area contributed by atoms with Gasteiger partial charge in [-0.15, -0.1) is 0 Å². The number of carbonyl (C=O) groups excluding carboxylic acids is 2. The molecule has 1 aromatic rings. The first-order valence-corrected chi connectivity index (χ1v) is 4.76. The highest BCUT2D eigenvalue weighted by molar-refractivity contribution is 6.31. The molecule has 0 aliphatic heterocycles. The lowest BCUT2D eigenvalue weighted by Crippen LogP contribution is -2.07. The molecule has 0 N–H and O–H groups in total. The molecule has 0 radical (unpaired) electrons. The minimum Gasteiger partial charge on any atom is -0.300 e. The molecule has 0 aliphatic carbocycles. The standard InChI is InChI=1S/C10H8ClNO4/c1-6(13)4-10(14)8-3-2-7(11)5-9(8)12(15)16/h2-3,5H,4H2,1H3. The van der Waals surface area contributed by atoms with Gasteiger partial charge in [0.2, 0.25) is 0 Å². The third-order valence-corrected chi connectivity index (χ3v) is 2.10. The Bertz CT molecular complexity index is 470. The predicted molar refractivity (Wildman–Crippen MR) is 57.7 cm³/mol. The molecule has 0 spiro atoms. The fourth-order valence-corrected chi connectivity index (χ4v) is 1.38. The average Bonchev–Trinajstić information content (AvgIpc) is 2.16. The lowest BCUT2D eigenvalue weighted by atomic mass is 10.0. The second-order valence-corrected chi connectivity index (χ2v) is 3.66. The quantitative estimate of drug-likeness (QED) is 0.351. The molecule has 6 heteroatoms. The average molecular weight is 242 g/mol. The van der Waals surface area contributed by atoms with Crippen LogP contribution >= 0.6 is 11.6 Å². The molecule has 0 fully saturated rings. The van der Waals surface area contributed by atoms with Crippen molar-refractivity contribution in [2.75, 3.05) is 0 Å². The van der Waals surface area contributed by atoms with Crippen molar-refractivity contribution in [1.82, 2.24) is 0 Å². The van der Waals surface area contributed by atoms with Crippen LogP contribution in [0.5, 0.6) is 0 Å². The molecule has 1 aromatic carbocycles.